The standard InChI is InChI=1S/C17H18N4O3S2/c1-5-8-21-13-7-6-12(26(4,23)24)9-14(13)25-17(21)18-16(22)15-11(2)10-20(3)19-15/h5-7,9-10H,1,8H2,2-4H3. The van der Waals surface area contributed by atoms with Crippen molar-refractivity contribution in [2.75, 3.05) is 6.26 Å². The van der Waals surface area contributed by atoms with Crippen molar-refractivity contribution < 1.29 is 13.2 Å². The van der Waals surface area contributed by atoms with Gasteiger partial charge < -0.3 is 4.57 Å². The van der Waals surface area contributed by atoms with Gasteiger partial charge in [0.25, 0.3) is 5.91 Å². The highest BCUT2D eigenvalue weighted by molar-refractivity contribution is 7.90. The summed E-state index contributed by atoms with van der Waals surface area (Å²) in [6, 6.07) is 4.88. The molecule has 0 bridgehead atoms. The van der Waals surface area contributed by atoms with Crippen LogP contribution in [0.4, 0.5) is 0 Å². The number of carbonyl (C=O) groups excluding carboxylic acids is 1. The molecule has 0 unspecified atom stereocenters. The summed E-state index contributed by atoms with van der Waals surface area (Å²) in [7, 11) is -1.57. The van der Waals surface area contributed by atoms with Gasteiger partial charge in [-0.25, -0.2) is 8.42 Å². The quantitative estimate of drug-likeness (QED) is 0.638. The van der Waals surface area contributed by atoms with Gasteiger partial charge in [-0.15, -0.1) is 6.58 Å². The Morgan fingerprint density at radius 1 is 1.42 bits per heavy atom. The highest BCUT2D eigenvalue weighted by atomic mass is 32.2. The van der Waals surface area contributed by atoms with Crippen molar-refractivity contribution in [3.05, 3.63) is 53.1 Å². The first-order valence-electron chi connectivity index (χ1n) is 7.74. The monoisotopic (exact) mass is 390 g/mol. The number of sulfone groups is 1. The molecule has 0 aliphatic carbocycles. The molecule has 2 heterocycles. The van der Waals surface area contributed by atoms with Crippen molar-refractivity contribution in [3.63, 3.8) is 0 Å². The number of hydrogen-bond donors (Lipinski definition) is 0. The molecule has 0 aliphatic rings. The van der Waals surface area contributed by atoms with E-state index < -0.39 is 15.7 Å². The number of nitrogens with zero attached hydrogens (tertiary/aromatic N) is 4. The summed E-state index contributed by atoms with van der Waals surface area (Å²) in [5.74, 6) is -0.434. The molecular formula is C17H18N4O3S2. The Balaban J connectivity index is 2.21. The first-order chi connectivity index (χ1) is 12.2. The molecule has 136 valence electrons. The molecule has 3 rings (SSSR count). The first-order valence-corrected chi connectivity index (χ1v) is 10.4. The minimum atomic E-state index is -3.31. The maximum absolute atomic E-state index is 12.5. The minimum Gasteiger partial charge on any atom is -0.312 e. The molecule has 1 aromatic carbocycles. The number of carbonyl (C=O) groups is 1. The highest BCUT2D eigenvalue weighted by Gasteiger charge is 2.15. The zero-order valence-electron chi connectivity index (χ0n) is 14.6. The fourth-order valence-corrected chi connectivity index (χ4v) is 4.43. The molecule has 26 heavy (non-hydrogen) atoms. The fraction of sp³-hybridized carbons (Fsp3) is 0.235. The molecule has 3 aromatic rings. The number of benzene rings is 1. The number of thiazole rings is 1. The molecule has 0 saturated heterocycles. The van der Waals surface area contributed by atoms with Crippen molar-refractivity contribution in [1.82, 2.24) is 14.3 Å². The van der Waals surface area contributed by atoms with Crippen LogP contribution < -0.4 is 4.80 Å². The van der Waals surface area contributed by atoms with Gasteiger partial charge in [-0.2, -0.15) is 10.1 Å². The van der Waals surface area contributed by atoms with Crippen LogP contribution in [-0.2, 0) is 23.4 Å². The molecule has 7 nitrogen and oxygen atoms in total. The van der Waals surface area contributed by atoms with Gasteiger partial charge in [-0.1, -0.05) is 17.4 Å². The Morgan fingerprint density at radius 3 is 2.73 bits per heavy atom. The third kappa shape index (κ3) is 3.40. The highest BCUT2D eigenvalue weighted by Crippen LogP contribution is 2.22. The number of fused-ring (bicyclic) bond motifs is 1. The lowest BCUT2D eigenvalue weighted by atomic mass is 10.3. The van der Waals surface area contributed by atoms with Crippen LogP contribution in [0.25, 0.3) is 10.2 Å². The van der Waals surface area contributed by atoms with Crippen molar-refractivity contribution in [3.8, 4) is 0 Å². The van der Waals surface area contributed by atoms with Crippen LogP contribution in [0.1, 0.15) is 16.1 Å². The Morgan fingerprint density at radius 2 is 2.15 bits per heavy atom. The molecule has 0 N–H and O–H groups in total. The van der Waals surface area contributed by atoms with Gasteiger partial charge in [0, 0.05) is 31.6 Å². The third-order valence-corrected chi connectivity index (χ3v) is 5.96. The van der Waals surface area contributed by atoms with Crippen molar-refractivity contribution in [2.24, 2.45) is 12.0 Å². The van der Waals surface area contributed by atoms with Gasteiger partial charge in [0.2, 0.25) is 0 Å². The topological polar surface area (TPSA) is 86.3 Å². The number of amides is 1. The molecule has 0 fully saturated rings. The minimum absolute atomic E-state index is 0.232. The summed E-state index contributed by atoms with van der Waals surface area (Å²) in [5, 5.41) is 4.15. The Hall–Kier alpha value is -2.52. The van der Waals surface area contributed by atoms with Crippen LogP contribution in [0.5, 0.6) is 0 Å². The predicted molar refractivity (Wildman–Crippen MR) is 101 cm³/mol. The van der Waals surface area contributed by atoms with Crippen LogP contribution in [0, 0.1) is 6.92 Å². The molecule has 0 atom stereocenters. The van der Waals surface area contributed by atoms with Gasteiger partial charge in [-0.3, -0.25) is 9.48 Å². The Kier molecular flexibility index (Phi) is 4.68. The van der Waals surface area contributed by atoms with E-state index >= 15 is 0 Å². The van der Waals surface area contributed by atoms with Crippen LogP contribution in [0.3, 0.4) is 0 Å². The van der Waals surface area contributed by atoms with Crippen molar-refractivity contribution in [2.45, 2.75) is 18.4 Å². The molecule has 0 radical (unpaired) electrons. The van der Waals surface area contributed by atoms with Crippen LogP contribution in [0.15, 0.2) is 46.9 Å². The number of aromatic nitrogens is 3. The van der Waals surface area contributed by atoms with Gasteiger partial charge in [0.15, 0.2) is 20.3 Å². The lowest BCUT2D eigenvalue weighted by Crippen LogP contribution is -2.16. The van der Waals surface area contributed by atoms with Crippen molar-refractivity contribution >= 4 is 37.3 Å². The Labute approximate surface area is 154 Å². The number of aryl methyl sites for hydroxylation is 2. The zero-order chi connectivity index (χ0) is 19.1. The maximum atomic E-state index is 12.5. The summed E-state index contributed by atoms with van der Waals surface area (Å²) in [6.07, 6.45) is 4.62. The summed E-state index contributed by atoms with van der Waals surface area (Å²) in [6.45, 7) is 5.99. The fourth-order valence-electron chi connectivity index (χ4n) is 2.63. The number of hydrogen-bond acceptors (Lipinski definition) is 5. The van der Waals surface area contributed by atoms with E-state index in [1.54, 1.807) is 49.1 Å². The lowest BCUT2D eigenvalue weighted by Gasteiger charge is -2.02. The molecule has 0 aliphatic heterocycles. The summed E-state index contributed by atoms with van der Waals surface area (Å²) in [4.78, 5) is 17.5. The average molecular weight is 390 g/mol. The van der Waals surface area contributed by atoms with Crippen LogP contribution in [0.2, 0.25) is 0 Å². The van der Waals surface area contributed by atoms with Crippen molar-refractivity contribution in [1.29, 1.82) is 0 Å². The van der Waals surface area contributed by atoms with E-state index in [-0.39, 0.29) is 4.90 Å². The lowest BCUT2D eigenvalue weighted by molar-refractivity contribution is 0.0992. The second kappa shape index (κ2) is 6.65. The van der Waals surface area contributed by atoms with E-state index in [9.17, 15) is 13.2 Å². The van der Waals surface area contributed by atoms with E-state index in [1.807, 2.05) is 4.57 Å². The molecule has 1 amide bonds. The van der Waals surface area contributed by atoms with Gasteiger partial charge in [0.1, 0.15) is 0 Å². The zero-order valence-corrected chi connectivity index (χ0v) is 16.3. The van der Waals surface area contributed by atoms with Crippen LogP contribution >= 0.6 is 11.3 Å². The van der Waals surface area contributed by atoms with E-state index in [4.69, 9.17) is 0 Å². The third-order valence-electron chi connectivity index (χ3n) is 3.81. The SMILES string of the molecule is C=CCn1c(=NC(=O)c2nn(C)cc2C)sc2cc(S(C)(=O)=O)ccc21. The average Bonchev–Trinajstić information content (AvgIpc) is 3.06. The van der Waals surface area contributed by atoms with E-state index in [0.29, 0.717) is 17.0 Å². The predicted octanol–water partition coefficient (Wildman–Crippen LogP) is 2.08. The van der Waals surface area contributed by atoms with Crippen LogP contribution in [-0.4, -0.2) is 34.9 Å². The van der Waals surface area contributed by atoms with Gasteiger partial charge >= 0.3 is 0 Å². The number of rotatable bonds is 4. The second-order valence-electron chi connectivity index (χ2n) is 5.94. The van der Waals surface area contributed by atoms with Gasteiger partial charge in [-0.05, 0) is 25.1 Å². The summed E-state index contributed by atoms with van der Waals surface area (Å²) in [5.41, 5.74) is 1.84. The molecule has 2 aromatic heterocycles. The number of allylic oxidation sites excluding steroid dienone is 1. The summed E-state index contributed by atoms with van der Waals surface area (Å²) < 4.78 is 27.7. The molecular weight excluding hydrogens is 372 g/mol. The van der Waals surface area contributed by atoms with E-state index in [0.717, 1.165) is 22.0 Å². The molecule has 0 saturated carbocycles. The smallest absolute Gasteiger partial charge is 0.300 e. The molecule has 0 spiro atoms. The maximum Gasteiger partial charge on any atom is 0.300 e. The van der Waals surface area contributed by atoms with Gasteiger partial charge in [0.05, 0.1) is 15.1 Å². The second-order valence-corrected chi connectivity index (χ2v) is 8.96. The van der Waals surface area contributed by atoms with E-state index in [2.05, 4.69) is 16.7 Å². The molecule has 9 heteroatoms. The Bertz CT molecular complexity index is 1200. The first kappa shape index (κ1) is 18.3. The largest absolute Gasteiger partial charge is 0.312 e. The summed E-state index contributed by atoms with van der Waals surface area (Å²) >= 11 is 1.26. The normalized spacial score (nSPS) is 12.7. The van der Waals surface area contributed by atoms with E-state index in [1.165, 1.54) is 11.3 Å².